The second-order valence-corrected chi connectivity index (χ2v) is 6.48. The first kappa shape index (κ1) is 19.7. The van der Waals surface area contributed by atoms with Crippen LogP contribution in [0.4, 0.5) is 13.2 Å². The van der Waals surface area contributed by atoms with E-state index in [4.69, 9.17) is 9.47 Å². The average Bonchev–Trinajstić information content (AvgIpc) is 2.55. The molecule has 0 radical (unpaired) electrons. The number of allylic oxidation sites excluding steroid dienone is 1. The fraction of sp³-hybridized carbons (Fsp3) is 0.600. The van der Waals surface area contributed by atoms with Gasteiger partial charge in [-0.3, -0.25) is 0 Å². The summed E-state index contributed by atoms with van der Waals surface area (Å²) >= 11 is 0. The Hall–Kier alpha value is -1.65. The zero-order valence-electron chi connectivity index (χ0n) is 15.2. The maximum Gasteiger partial charge on any atom is 0.420 e. The molecule has 0 bridgehead atoms. The summed E-state index contributed by atoms with van der Waals surface area (Å²) in [6.07, 6.45) is 3.08. The Morgan fingerprint density at radius 3 is 2.52 bits per heavy atom. The molecule has 1 aliphatic rings. The van der Waals surface area contributed by atoms with Crippen molar-refractivity contribution in [2.75, 3.05) is 6.61 Å². The molecule has 0 aliphatic carbocycles. The van der Waals surface area contributed by atoms with E-state index in [1.54, 1.807) is 19.3 Å². The molecule has 0 aromatic heterocycles. The number of hydrogen-bond acceptors (Lipinski definition) is 2. The van der Waals surface area contributed by atoms with Crippen molar-refractivity contribution in [2.24, 2.45) is 0 Å². The molecular weight excluding hydrogens is 329 g/mol. The second kappa shape index (κ2) is 8.63. The Kier molecular flexibility index (Phi) is 6.79. The van der Waals surface area contributed by atoms with Gasteiger partial charge in [0.2, 0.25) is 0 Å². The first-order valence-corrected chi connectivity index (χ1v) is 9.05. The fourth-order valence-electron chi connectivity index (χ4n) is 3.32. The van der Waals surface area contributed by atoms with Gasteiger partial charge in [-0.1, -0.05) is 25.8 Å². The summed E-state index contributed by atoms with van der Waals surface area (Å²) in [5.74, 6) is -0.108. The third-order valence-corrected chi connectivity index (χ3v) is 4.63. The summed E-state index contributed by atoms with van der Waals surface area (Å²) < 4.78 is 51.4. The third-order valence-electron chi connectivity index (χ3n) is 4.63. The quantitative estimate of drug-likeness (QED) is 0.504. The van der Waals surface area contributed by atoms with Crippen LogP contribution in [-0.4, -0.2) is 6.61 Å². The molecule has 1 atom stereocenters. The summed E-state index contributed by atoms with van der Waals surface area (Å²) in [5, 5.41) is 0. The van der Waals surface area contributed by atoms with Crippen molar-refractivity contribution >= 4 is 0 Å². The Bertz CT molecular complexity index is 606. The van der Waals surface area contributed by atoms with Crippen molar-refractivity contribution < 1.29 is 22.6 Å². The number of alkyl halides is 3. The predicted molar refractivity (Wildman–Crippen MR) is 92.6 cm³/mol. The van der Waals surface area contributed by atoms with E-state index in [2.05, 4.69) is 6.92 Å². The van der Waals surface area contributed by atoms with Crippen LogP contribution in [0, 0.1) is 6.92 Å². The first-order valence-electron chi connectivity index (χ1n) is 9.05. The van der Waals surface area contributed by atoms with Crippen molar-refractivity contribution in [3.8, 4) is 5.75 Å². The largest absolute Gasteiger partial charge is 0.493 e. The van der Waals surface area contributed by atoms with Crippen LogP contribution >= 0.6 is 0 Å². The number of hydrogen-bond donors (Lipinski definition) is 0. The van der Waals surface area contributed by atoms with Gasteiger partial charge in [-0.25, -0.2) is 0 Å². The van der Waals surface area contributed by atoms with E-state index in [9.17, 15) is 13.2 Å². The lowest BCUT2D eigenvalue weighted by Crippen LogP contribution is -2.15. The van der Waals surface area contributed by atoms with Crippen LogP contribution in [0.1, 0.15) is 75.2 Å². The highest BCUT2D eigenvalue weighted by Crippen LogP contribution is 2.43. The predicted octanol–water partition coefficient (Wildman–Crippen LogP) is 6.73. The lowest BCUT2D eigenvalue weighted by molar-refractivity contribution is -0.139. The molecule has 25 heavy (non-hydrogen) atoms. The van der Waals surface area contributed by atoms with E-state index in [1.165, 1.54) is 31.4 Å². The summed E-state index contributed by atoms with van der Waals surface area (Å²) in [4.78, 5) is 0. The molecule has 5 heteroatoms. The molecule has 0 saturated carbocycles. The molecule has 1 aliphatic heterocycles. The molecule has 0 saturated heterocycles. The molecule has 140 valence electrons. The normalized spacial score (nSPS) is 17.8. The molecule has 2 rings (SSSR count). The smallest absolute Gasteiger partial charge is 0.420 e. The van der Waals surface area contributed by atoms with Crippen LogP contribution in [0.2, 0.25) is 0 Å². The highest BCUT2D eigenvalue weighted by Gasteiger charge is 2.38. The van der Waals surface area contributed by atoms with Gasteiger partial charge in [0.05, 0.1) is 12.9 Å². The van der Waals surface area contributed by atoms with Gasteiger partial charge in [-0.15, -0.1) is 0 Å². The van der Waals surface area contributed by atoms with Gasteiger partial charge < -0.3 is 9.47 Å². The average molecular weight is 356 g/mol. The third kappa shape index (κ3) is 4.93. The van der Waals surface area contributed by atoms with Crippen molar-refractivity contribution in [2.45, 2.75) is 71.6 Å². The van der Waals surface area contributed by atoms with Crippen LogP contribution in [0.15, 0.2) is 24.0 Å². The summed E-state index contributed by atoms with van der Waals surface area (Å²) in [7, 11) is 0. The minimum atomic E-state index is -4.44. The Morgan fingerprint density at radius 1 is 1.20 bits per heavy atom. The van der Waals surface area contributed by atoms with Gasteiger partial charge in [0.25, 0.3) is 0 Å². The van der Waals surface area contributed by atoms with Crippen molar-refractivity contribution in [3.63, 3.8) is 0 Å². The molecule has 0 amide bonds. The molecular formula is C20H27F3O2. The van der Waals surface area contributed by atoms with E-state index >= 15 is 0 Å². The molecule has 0 N–H and O–H groups in total. The van der Waals surface area contributed by atoms with Gasteiger partial charge in [-0.2, -0.15) is 13.2 Å². The summed E-state index contributed by atoms with van der Waals surface area (Å²) in [6, 6.07) is 3.12. The SMILES string of the molecule is CCCCCC1=COC(c2ccc(OCC)c(C(F)(F)F)c2C)CC1. The van der Waals surface area contributed by atoms with Gasteiger partial charge in [-0.05, 0) is 62.3 Å². The lowest BCUT2D eigenvalue weighted by Gasteiger charge is -2.27. The number of rotatable bonds is 7. The zero-order chi connectivity index (χ0) is 18.4. The van der Waals surface area contributed by atoms with Crippen LogP contribution < -0.4 is 4.74 Å². The molecule has 1 heterocycles. The number of unbranched alkanes of at least 4 members (excludes halogenated alkanes) is 2. The van der Waals surface area contributed by atoms with E-state index in [0.717, 1.165) is 19.3 Å². The summed E-state index contributed by atoms with van der Waals surface area (Å²) in [6.45, 7) is 5.55. The topological polar surface area (TPSA) is 18.5 Å². The van der Waals surface area contributed by atoms with E-state index in [-0.39, 0.29) is 24.0 Å². The van der Waals surface area contributed by atoms with Crippen LogP contribution in [0.3, 0.4) is 0 Å². The Morgan fingerprint density at radius 2 is 1.96 bits per heavy atom. The molecule has 0 spiro atoms. The first-order chi connectivity index (χ1) is 11.9. The molecule has 0 fully saturated rings. The minimum absolute atomic E-state index is 0.108. The number of ether oxygens (including phenoxy) is 2. The molecule has 1 aromatic rings. The highest BCUT2D eigenvalue weighted by molar-refractivity contribution is 5.47. The van der Waals surface area contributed by atoms with E-state index < -0.39 is 11.7 Å². The number of halogens is 3. The minimum Gasteiger partial charge on any atom is -0.493 e. The maximum absolute atomic E-state index is 13.5. The van der Waals surface area contributed by atoms with Gasteiger partial charge >= 0.3 is 6.18 Å². The lowest BCUT2D eigenvalue weighted by atomic mass is 9.92. The molecule has 1 unspecified atom stereocenters. The summed E-state index contributed by atoms with van der Waals surface area (Å²) in [5.41, 5.74) is 1.36. The molecule has 2 nitrogen and oxygen atoms in total. The van der Waals surface area contributed by atoms with Gasteiger partial charge in [0, 0.05) is 0 Å². The fourth-order valence-corrected chi connectivity index (χ4v) is 3.32. The Labute approximate surface area is 148 Å². The standard InChI is InChI=1S/C20H27F3O2/c1-4-6-7-8-15-9-11-17(25-13-15)16-10-12-18(24-5-2)19(14(16)3)20(21,22)23/h10,12-13,17H,4-9,11H2,1-3H3. The van der Waals surface area contributed by atoms with Crippen LogP contribution in [0.5, 0.6) is 5.75 Å². The van der Waals surface area contributed by atoms with Gasteiger partial charge in [0.15, 0.2) is 0 Å². The van der Waals surface area contributed by atoms with Crippen molar-refractivity contribution in [1.29, 1.82) is 0 Å². The Balaban J connectivity index is 2.21. The van der Waals surface area contributed by atoms with Crippen molar-refractivity contribution in [1.82, 2.24) is 0 Å². The van der Waals surface area contributed by atoms with Crippen molar-refractivity contribution in [3.05, 3.63) is 40.7 Å². The number of benzene rings is 1. The van der Waals surface area contributed by atoms with Crippen LogP contribution in [-0.2, 0) is 10.9 Å². The highest BCUT2D eigenvalue weighted by atomic mass is 19.4. The monoisotopic (exact) mass is 356 g/mol. The van der Waals surface area contributed by atoms with Crippen LogP contribution in [0.25, 0.3) is 0 Å². The van der Waals surface area contributed by atoms with E-state index in [0.29, 0.717) is 12.0 Å². The second-order valence-electron chi connectivity index (χ2n) is 6.48. The van der Waals surface area contributed by atoms with Gasteiger partial charge in [0.1, 0.15) is 17.4 Å². The zero-order valence-corrected chi connectivity index (χ0v) is 15.2. The molecule has 1 aromatic carbocycles. The van der Waals surface area contributed by atoms with E-state index in [1.807, 2.05) is 0 Å². The maximum atomic E-state index is 13.5.